The van der Waals surface area contributed by atoms with Crippen molar-refractivity contribution in [3.63, 3.8) is 0 Å². The molecule has 1 aliphatic carbocycles. The van der Waals surface area contributed by atoms with Gasteiger partial charge in [0.2, 0.25) is 10.0 Å². The van der Waals surface area contributed by atoms with Crippen LogP contribution in [0.25, 0.3) is 0 Å². The van der Waals surface area contributed by atoms with E-state index in [0.717, 1.165) is 12.8 Å². The Balaban J connectivity index is 2.63. The summed E-state index contributed by atoms with van der Waals surface area (Å²) in [6, 6.07) is 0. The molecule has 2 N–H and O–H groups in total. The summed E-state index contributed by atoms with van der Waals surface area (Å²) >= 11 is 0. The zero-order chi connectivity index (χ0) is 8.70. The Kier molecular flexibility index (Phi) is 1.98. The number of nitrogens with zero attached hydrogens (tertiary/aromatic N) is 1. The Hall–Kier alpha value is -0.130. The molecule has 0 bridgehead atoms. The van der Waals surface area contributed by atoms with Crippen molar-refractivity contribution in [1.29, 1.82) is 0 Å². The number of primary sulfonamides is 1. The van der Waals surface area contributed by atoms with E-state index in [-0.39, 0.29) is 11.3 Å². The highest BCUT2D eigenvalue weighted by Crippen LogP contribution is 2.40. The molecule has 0 atom stereocenters. The largest absolute Gasteiger partial charge is 0.303 e. The van der Waals surface area contributed by atoms with Gasteiger partial charge >= 0.3 is 0 Å². The number of nitrogens with two attached hydrogens (primary N) is 1. The maximum absolute atomic E-state index is 10.7. The Labute approximate surface area is 67.4 Å². The van der Waals surface area contributed by atoms with Crippen molar-refractivity contribution in [2.75, 3.05) is 19.8 Å². The van der Waals surface area contributed by atoms with Crippen molar-refractivity contribution in [1.82, 2.24) is 4.90 Å². The summed E-state index contributed by atoms with van der Waals surface area (Å²) in [6.07, 6.45) is 1.88. The smallest absolute Gasteiger partial charge is 0.210 e. The lowest BCUT2D eigenvalue weighted by Crippen LogP contribution is -2.39. The summed E-state index contributed by atoms with van der Waals surface area (Å²) in [5.41, 5.74) is -0.145. The van der Waals surface area contributed by atoms with E-state index in [2.05, 4.69) is 0 Å². The van der Waals surface area contributed by atoms with Crippen LogP contribution < -0.4 is 5.14 Å². The lowest BCUT2D eigenvalue weighted by Gasteiger charge is -2.21. The van der Waals surface area contributed by atoms with Gasteiger partial charge in [-0.15, -0.1) is 0 Å². The van der Waals surface area contributed by atoms with Crippen molar-refractivity contribution in [3.05, 3.63) is 0 Å². The van der Waals surface area contributed by atoms with E-state index < -0.39 is 10.0 Å². The molecule has 1 aliphatic rings. The first-order valence-corrected chi connectivity index (χ1v) is 5.25. The maximum atomic E-state index is 10.7. The molecule has 0 aliphatic heterocycles. The summed E-state index contributed by atoms with van der Waals surface area (Å²) in [5, 5.41) is 4.94. The molecular weight excluding hydrogens is 164 g/mol. The lowest BCUT2D eigenvalue weighted by molar-refractivity contribution is 0.295. The molecule has 0 saturated heterocycles. The van der Waals surface area contributed by atoms with Crippen LogP contribution in [0, 0.1) is 0 Å². The minimum absolute atomic E-state index is 0.0903. The van der Waals surface area contributed by atoms with E-state index in [1.54, 1.807) is 0 Å². The second-order valence-corrected chi connectivity index (χ2v) is 5.04. The second-order valence-electron chi connectivity index (χ2n) is 3.43. The van der Waals surface area contributed by atoms with Crippen molar-refractivity contribution in [2.24, 2.45) is 5.14 Å². The topological polar surface area (TPSA) is 63.4 Å². The first-order chi connectivity index (χ1) is 4.86. The molecule has 1 fully saturated rings. The highest BCUT2D eigenvalue weighted by Gasteiger charge is 2.47. The van der Waals surface area contributed by atoms with Gasteiger partial charge in [-0.3, -0.25) is 0 Å². The third kappa shape index (κ3) is 2.15. The first-order valence-electron chi connectivity index (χ1n) is 3.54. The molecule has 0 amide bonds. The van der Waals surface area contributed by atoms with Crippen LogP contribution in [-0.4, -0.2) is 38.7 Å². The molecule has 66 valence electrons. The van der Waals surface area contributed by atoms with Crippen LogP contribution in [0.4, 0.5) is 0 Å². The quantitative estimate of drug-likeness (QED) is 0.626. The maximum Gasteiger partial charge on any atom is 0.210 e. The molecule has 0 aromatic heterocycles. The summed E-state index contributed by atoms with van der Waals surface area (Å²) in [5.74, 6) is 0.0903. The van der Waals surface area contributed by atoms with Gasteiger partial charge in [0.05, 0.1) is 5.75 Å². The van der Waals surface area contributed by atoms with Gasteiger partial charge in [-0.1, -0.05) is 0 Å². The fourth-order valence-corrected chi connectivity index (χ4v) is 2.54. The molecule has 0 heterocycles. The second kappa shape index (κ2) is 2.43. The Bertz CT molecular complexity index is 241. The summed E-state index contributed by atoms with van der Waals surface area (Å²) in [4.78, 5) is 1.94. The number of rotatable bonds is 3. The summed E-state index contributed by atoms with van der Waals surface area (Å²) < 4.78 is 21.5. The molecule has 0 aromatic carbocycles. The highest BCUT2D eigenvalue weighted by molar-refractivity contribution is 7.89. The van der Waals surface area contributed by atoms with Gasteiger partial charge in [0.1, 0.15) is 0 Å². The van der Waals surface area contributed by atoms with E-state index in [1.807, 2.05) is 19.0 Å². The average Bonchev–Trinajstić information content (AvgIpc) is 2.43. The normalized spacial score (nSPS) is 22.2. The van der Waals surface area contributed by atoms with Crippen LogP contribution in [0.15, 0.2) is 0 Å². The molecule has 0 radical (unpaired) electrons. The van der Waals surface area contributed by atoms with Crippen LogP contribution in [0.3, 0.4) is 0 Å². The first kappa shape index (κ1) is 8.96. The Morgan fingerprint density at radius 2 is 1.91 bits per heavy atom. The fraction of sp³-hybridized carbons (Fsp3) is 1.00. The molecule has 1 saturated carbocycles. The highest BCUT2D eigenvalue weighted by atomic mass is 32.2. The number of hydrogen-bond acceptors (Lipinski definition) is 3. The summed E-state index contributed by atoms with van der Waals surface area (Å²) in [7, 11) is 0.468. The van der Waals surface area contributed by atoms with Crippen LogP contribution in [0.5, 0.6) is 0 Å². The molecule has 0 unspecified atom stereocenters. The van der Waals surface area contributed by atoms with Crippen LogP contribution in [0.2, 0.25) is 0 Å². The summed E-state index contributed by atoms with van der Waals surface area (Å²) in [6.45, 7) is 0. The van der Waals surface area contributed by atoms with E-state index in [4.69, 9.17) is 5.14 Å². The molecule has 4 nitrogen and oxygen atoms in total. The zero-order valence-electron chi connectivity index (χ0n) is 6.87. The minimum Gasteiger partial charge on any atom is -0.303 e. The third-order valence-corrected chi connectivity index (χ3v) is 3.19. The Morgan fingerprint density at radius 3 is 2.00 bits per heavy atom. The predicted octanol–water partition coefficient (Wildman–Crippen LogP) is -0.631. The van der Waals surface area contributed by atoms with E-state index in [0.29, 0.717) is 0 Å². The van der Waals surface area contributed by atoms with Crippen LogP contribution >= 0.6 is 0 Å². The van der Waals surface area contributed by atoms with Crippen LogP contribution in [0.1, 0.15) is 12.8 Å². The fourth-order valence-electron chi connectivity index (χ4n) is 1.24. The minimum atomic E-state index is -3.31. The van der Waals surface area contributed by atoms with Gasteiger partial charge in [-0.2, -0.15) is 0 Å². The molecule has 0 spiro atoms. The van der Waals surface area contributed by atoms with E-state index >= 15 is 0 Å². The van der Waals surface area contributed by atoms with Crippen molar-refractivity contribution in [3.8, 4) is 0 Å². The van der Waals surface area contributed by atoms with Crippen molar-refractivity contribution in [2.45, 2.75) is 18.4 Å². The molecule has 11 heavy (non-hydrogen) atoms. The lowest BCUT2D eigenvalue weighted by atomic mass is 10.3. The standard InChI is InChI=1S/C6H14N2O2S/c1-8(2)6(3-4-6)5-11(7,9)10/h3-5H2,1-2H3,(H2,7,9,10). The zero-order valence-corrected chi connectivity index (χ0v) is 7.69. The van der Waals surface area contributed by atoms with E-state index in [9.17, 15) is 8.42 Å². The van der Waals surface area contributed by atoms with Crippen molar-refractivity contribution >= 4 is 10.0 Å². The molecule has 5 heteroatoms. The van der Waals surface area contributed by atoms with Gasteiger partial charge in [-0.05, 0) is 26.9 Å². The SMILES string of the molecule is CN(C)C1(CS(N)(=O)=O)CC1. The molecular formula is C6H14N2O2S. The van der Waals surface area contributed by atoms with Gasteiger partial charge in [0, 0.05) is 5.54 Å². The van der Waals surface area contributed by atoms with Gasteiger partial charge in [0.15, 0.2) is 0 Å². The predicted molar refractivity (Wildman–Crippen MR) is 43.6 cm³/mol. The molecule has 0 aromatic rings. The third-order valence-electron chi connectivity index (χ3n) is 2.25. The van der Waals surface area contributed by atoms with Crippen LogP contribution in [-0.2, 0) is 10.0 Å². The van der Waals surface area contributed by atoms with Gasteiger partial charge in [-0.25, -0.2) is 13.6 Å². The van der Waals surface area contributed by atoms with E-state index in [1.165, 1.54) is 0 Å². The number of hydrogen-bond donors (Lipinski definition) is 1. The van der Waals surface area contributed by atoms with Gasteiger partial charge in [0.25, 0.3) is 0 Å². The molecule has 1 rings (SSSR count). The number of sulfonamides is 1. The van der Waals surface area contributed by atoms with Gasteiger partial charge < -0.3 is 4.90 Å². The Morgan fingerprint density at radius 1 is 1.45 bits per heavy atom. The average molecular weight is 178 g/mol. The monoisotopic (exact) mass is 178 g/mol. The van der Waals surface area contributed by atoms with Crippen molar-refractivity contribution < 1.29 is 8.42 Å².